The lowest BCUT2D eigenvalue weighted by atomic mass is 9.74. The molecule has 8 nitrogen and oxygen atoms in total. The summed E-state index contributed by atoms with van der Waals surface area (Å²) in [6.07, 6.45) is 2.55. The van der Waals surface area contributed by atoms with E-state index in [-0.39, 0.29) is 23.8 Å². The zero-order chi connectivity index (χ0) is 28.5. The monoisotopic (exact) mass is 551 g/mol. The van der Waals surface area contributed by atoms with Crippen molar-refractivity contribution in [2.24, 2.45) is 17.8 Å². The first-order valence-electron chi connectivity index (χ1n) is 13.7. The van der Waals surface area contributed by atoms with Crippen LogP contribution in [-0.2, 0) is 19.2 Å². The molecule has 39 heavy (non-hydrogen) atoms. The van der Waals surface area contributed by atoms with Crippen LogP contribution in [0, 0.1) is 24.7 Å². The van der Waals surface area contributed by atoms with Crippen molar-refractivity contribution >= 4 is 23.7 Å². The summed E-state index contributed by atoms with van der Waals surface area (Å²) in [5.41, 5.74) is 1.16. The van der Waals surface area contributed by atoms with E-state index in [4.69, 9.17) is 9.90 Å². The molecule has 0 unspecified atom stereocenters. The molecule has 0 bridgehead atoms. The van der Waals surface area contributed by atoms with Crippen LogP contribution >= 0.6 is 0 Å². The smallest absolute Gasteiger partial charge is 0.475 e. The van der Waals surface area contributed by atoms with Gasteiger partial charge in [0.25, 0.3) is 0 Å². The van der Waals surface area contributed by atoms with Crippen molar-refractivity contribution in [1.82, 2.24) is 15.1 Å². The molecular formula is C28H36F3N3O5. The summed E-state index contributed by atoms with van der Waals surface area (Å²) in [6, 6.07) is 7.82. The zero-order valence-electron chi connectivity index (χ0n) is 22.3. The minimum Gasteiger partial charge on any atom is -0.475 e. The highest BCUT2D eigenvalue weighted by Crippen LogP contribution is 2.52. The van der Waals surface area contributed by atoms with Crippen LogP contribution in [0.15, 0.2) is 24.3 Å². The Morgan fingerprint density at radius 3 is 2.23 bits per heavy atom. The number of carbonyl (C=O) groups is 4. The molecule has 1 aromatic rings. The van der Waals surface area contributed by atoms with Gasteiger partial charge in [0.1, 0.15) is 5.54 Å². The van der Waals surface area contributed by atoms with E-state index in [1.165, 1.54) is 37.0 Å². The Bertz CT molecular complexity index is 1100. The number of nitrogens with zero attached hydrogens (tertiary/aromatic N) is 2. The molecule has 1 aromatic carbocycles. The fourth-order valence-electron chi connectivity index (χ4n) is 6.76. The summed E-state index contributed by atoms with van der Waals surface area (Å²) >= 11 is 0. The van der Waals surface area contributed by atoms with E-state index in [2.05, 4.69) is 5.32 Å². The summed E-state index contributed by atoms with van der Waals surface area (Å²) in [6.45, 7) is 5.78. The number of aliphatic carboxylic acids is 1. The van der Waals surface area contributed by atoms with E-state index in [1.807, 2.05) is 43.0 Å². The summed E-state index contributed by atoms with van der Waals surface area (Å²) < 4.78 is 31.7. The van der Waals surface area contributed by atoms with Crippen LogP contribution < -0.4 is 5.32 Å². The molecule has 2 N–H and O–H groups in total. The number of rotatable bonds is 4. The van der Waals surface area contributed by atoms with Crippen molar-refractivity contribution in [3.63, 3.8) is 0 Å². The van der Waals surface area contributed by atoms with Gasteiger partial charge in [0.15, 0.2) is 0 Å². The van der Waals surface area contributed by atoms with Gasteiger partial charge in [-0.15, -0.1) is 0 Å². The van der Waals surface area contributed by atoms with Crippen molar-refractivity contribution in [3.05, 3.63) is 35.4 Å². The van der Waals surface area contributed by atoms with E-state index in [1.54, 1.807) is 0 Å². The number of nitrogens with one attached hydrogen (secondary N) is 1. The fourth-order valence-corrected chi connectivity index (χ4v) is 6.76. The number of amides is 3. The second-order valence-electron chi connectivity index (χ2n) is 11.1. The predicted molar refractivity (Wildman–Crippen MR) is 135 cm³/mol. The Morgan fingerprint density at radius 2 is 1.67 bits per heavy atom. The number of piperidine rings is 1. The van der Waals surface area contributed by atoms with Gasteiger partial charge in [-0.05, 0) is 51.0 Å². The molecule has 4 fully saturated rings. The molecule has 4 atom stereocenters. The molecule has 1 spiro atoms. The highest BCUT2D eigenvalue weighted by atomic mass is 19.4. The average Bonchev–Trinajstić information content (AvgIpc) is 3.36. The Kier molecular flexibility index (Phi) is 8.39. The molecule has 0 aromatic heterocycles. The van der Waals surface area contributed by atoms with Crippen molar-refractivity contribution in [2.45, 2.75) is 76.6 Å². The Hall–Kier alpha value is -2.95. The van der Waals surface area contributed by atoms with Crippen LogP contribution in [0.4, 0.5) is 13.2 Å². The van der Waals surface area contributed by atoms with Crippen LogP contribution in [-0.4, -0.2) is 69.9 Å². The van der Waals surface area contributed by atoms with Crippen molar-refractivity contribution in [3.8, 4) is 0 Å². The standard InChI is InChI=1S/C26H35N3O3.C2HF3O2/c1-3-29-23(30)20-21(24(29)31)26(27-22(20)19-12-10-17(2)11-13-19)14-7-15-28(25(26)32)16-18-8-5-4-6-9-18;3-2(4,5)1(6)7/h10-13,18,20-22,27H,3-9,14-16H2,1-2H3;(H,6,7)/t20-,21-,22-,26-;/m1./s1. The molecular weight excluding hydrogens is 515 g/mol. The third-order valence-corrected chi connectivity index (χ3v) is 8.61. The van der Waals surface area contributed by atoms with Crippen LogP contribution in [0.25, 0.3) is 0 Å². The maximum Gasteiger partial charge on any atom is 0.490 e. The molecule has 3 heterocycles. The van der Waals surface area contributed by atoms with E-state index in [0.717, 1.165) is 30.6 Å². The van der Waals surface area contributed by atoms with Gasteiger partial charge in [-0.2, -0.15) is 13.2 Å². The van der Waals surface area contributed by atoms with Crippen LogP contribution in [0.1, 0.15) is 69.0 Å². The normalized spacial score (nSPS) is 29.5. The number of alkyl halides is 3. The molecule has 1 saturated carbocycles. The van der Waals surface area contributed by atoms with E-state index >= 15 is 0 Å². The first kappa shape index (κ1) is 29.0. The van der Waals surface area contributed by atoms with Gasteiger partial charge in [0, 0.05) is 25.7 Å². The third-order valence-electron chi connectivity index (χ3n) is 8.61. The maximum absolute atomic E-state index is 14.0. The summed E-state index contributed by atoms with van der Waals surface area (Å²) in [4.78, 5) is 53.1. The summed E-state index contributed by atoms with van der Waals surface area (Å²) in [5.74, 6) is -3.58. The number of hydrogen-bond donors (Lipinski definition) is 2. The van der Waals surface area contributed by atoms with Gasteiger partial charge in [0.05, 0.1) is 11.8 Å². The lowest BCUT2D eigenvalue weighted by Crippen LogP contribution is -2.64. The summed E-state index contributed by atoms with van der Waals surface area (Å²) in [5, 5.41) is 10.7. The number of benzene rings is 1. The van der Waals surface area contributed by atoms with E-state index < -0.39 is 29.5 Å². The summed E-state index contributed by atoms with van der Waals surface area (Å²) in [7, 11) is 0. The van der Waals surface area contributed by atoms with Gasteiger partial charge in [-0.25, -0.2) is 4.79 Å². The number of hydrogen-bond acceptors (Lipinski definition) is 5. The second kappa shape index (κ2) is 11.3. The second-order valence-corrected chi connectivity index (χ2v) is 11.1. The van der Waals surface area contributed by atoms with Crippen molar-refractivity contribution in [1.29, 1.82) is 0 Å². The molecule has 3 amide bonds. The Balaban J connectivity index is 0.000000448. The zero-order valence-corrected chi connectivity index (χ0v) is 22.3. The highest BCUT2D eigenvalue weighted by molar-refractivity contribution is 6.10. The quantitative estimate of drug-likeness (QED) is 0.551. The number of carbonyl (C=O) groups excluding carboxylic acids is 3. The first-order valence-corrected chi connectivity index (χ1v) is 13.7. The van der Waals surface area contributed by atoms with E-state index in [0.29, 0.717) is 18.9 Å². The Labute approximate surface area is 225 Å². The van der Waals surface area contributed by atoms with Gasteiger partial charge >= 0.3 is 12.1 Å². The van der Waals surface area contributed by atoms with Gasteiger partial charge < -0.3 is 10.0 Å². The van der Waals surface area contributed by atoms with Crippen molar-refractivity contribution < 1.29 is 37.5 Å². The largest absolute Gasteiger partial charge is 0.490 e. The van der Waals surface area contributed by atoms with Crippen molar-refractivity contribution in [2.75, 3.05) is 19.6 Å². The van der Waals surface area contributed by atoms with Gasteiger partial charge in [-0.3, -0.25) is 24.6 Å². The topological polar surface area (TPSA) is 107 Å². The highest BCUT2D eigenvalue weighted by Gasteiger charge is 2.68. The molecule has 5 rings (SSSR count). The predicted octanol–water partition coefficient (Wildman–Crippen LogP) is 3.84. The third kappa shape index (κ3) is 5.55. The van der Waals surface area contributed by atoms with E-state index in [9.17, 15) is 27.6 Å². The molecule has 0 radical (unpaired) electrons. The molecule has 1 aliphatic carbocycles. The minimum atomic E-state index is -5.08. The number of likely N-dealkylation sites (tertiary alicyclic amines) is 2. The number of carboxylic acids is 1. The molecule has 11 heteroatoms. The van der Waals surface area contributed by atoms with Gasteiger partial charge in [0.2, 0.25) is 17.7 Å². The number of carboxylic acid groups (broad SMARTS) is 1. The Morgan fingerprint density at radius 1 is 1.05 bits per heavy atom. The number of aryl methyl sites for hydroxylation is 1. The lowest BCUT2D eigenvalue weighted by Gasteiger charge is -2.43. The fraction of sp³-hybridized carbons (Fsp3) is 0.643. The maximum atomic E-state index is 14.0. The van der Waals surface area contributed by atoms with Crippen LogP contribution in [0.3, 0.4) is 0 Å². The molecule has 4 aliphatic rings. The molecule has 3 aliphatic heterocycles. The van der Waals surface area contributed by atoms with Crippen LogP contribution in [0.5, 0.6) is 0 Å². The average molecular weight is 552 g/mol. The number of imide groups is 1. The number of fused-ring (bicyclic) bond motifs is 2. The van der Waals surface area contributed by atoms with Gasteiger partial charge in [-0.1, -0.05) is 49.1 Å². The molecule has 214 valence electrons. The SMILES string of the molecule is CCN1C(=O)[C@H]2[C@@H](c3ccc(C)cc3)N[C@]3(CCCN(CC4CCCCC4)C3=O)[C@H]2C1=O.O=C(O)C(F)(F)F. The minimum absolute atomic E-state index is 0.0399. The number of halogens is 3. The lowest BCUT2D eigenvalue weighted by molar-refractivity contribution is -0.192. The molecule has 3 saturated heterocycles. The van der Waals surface area contributed by atoms with Crippen LogP contribution in [0.2, 0.25) is 0 Å². The first-order chi connectivity index (χ1) is 18.4.